The number of nitrogens with one attached hydrogen (secondary N) is 3. The van der Waals surface area contributed by atoms with E-state index in [9.17, 15) is 4.79 Å². The number of amides is 1. The summed E-state index contributed by atoms with van der Waals surface area (Å²) in [6.07, 6.45) is 2.94. The lowest BCUT2D eigenvalue weighted by Gasteiger charge is -2.33. The predicted molar refractivity (Wildman–Crippen MR) is 137 cm³/mol. The molecule has 30 heavy (non-hydrogen) atoms. The molecule has 0 saturated carbocycles. The molecule has 0 heterocycles. The molecule has 0 atom stereocenters. The molecule has 0 aliphatic carbocycles. The van der Waals surface area contributed by atoms with Crippen LogP contribution in [0, 0.1) is 0 Å². The Morgan fingerprint density at radius 2 is 1.70 bits per heavy atom. The molecule has 0 radical (unpaired) electrons. The van der Waals surface area contributed by atoms with E-state index >= 15 is 0 Å². The van der Waals surface area contributed by atoms with Gasteiger partial charge in [0.25, 0.3) is 5.91 Å². The summed E-state index contributed by atoms with van der Waals surface area (Å²) in [4.78, 5) is 16.2. The number of aliphatic imine (C=N–C) groups is 1. The molecule has 5 nitrogen and oxygen atoms in total. The van der Waals surface area contributed by atoms with Crippen LogP contribution in [0.15, 0.2) is 59.6 Å². The van der Waals surface area contributed by atoms with Gasteiger partial charge in [-0.15, -0.1) is 24.0 Å². The van der Waals surface area contributed by atoms with Crippen molar-refractivity contribution in [3.05, 3.63) is 71.3 Å². The molecular weight excluding hydrogens is 487 g/mol. The van der Waals surface area contributed by atoms with Gasteiger partial charge in [-0.2, -0.15) is 0 Å². The Labute approximate surface area is 198 Å². The van der Waals surface area contributed by atoms with Gasteiger partial charge in [-0.3, -0.25) is 9.79 Å². The summed E-state index contributed by atoms with van der Waals surface area (Å²) in [5.74, 6) is 0.739. The monoisotopic (exact) mass is 522 g/mol. The van der Waals surface area contributed by atoms with E-state index in [4.69, 9.17) is 0 Å². The van der Waals surface area contributed by atoms with E-state index in [2.05, 4.69) is 65.1 Å². The van der Waals surface area contributed by atoms with E-state index in [0.29, 0.717) is 5.56 Å². The first kappa shape index (κ1) is 25.9. The molecule has 164 valence electrons. The number of hydrogen-bond donors (Lipinski definition) is 3. The molecule has 3 N–H and O–H groups in total. The smallest absolute Gasteiger partial charge is 0.251 e. The third kappa shape index (κ3) is 7.00. The van der Waals surface area contributed by atoms with Crippen molar-refractivity contribution in [3.63, 3.8) is 0 Å². The first-order valence-corrected chi connectivity index (χ1v) is 10.4. The molecule has 2 aromatic carbocycles. The molecule has 0 spiro atoms. The second kappa shape index (κ2) is 13.3. The fourth-order valence-electron chi connectivity index (χ4n) is 3.61. The summed E-state index contributed by atoms with van der Waals surface area (Å²) in [5.41, 5.74) is 3.25. The Balaban J connectivity index is 0.00000450. The van der Waals surface area contributed by atoms with Crippen molar-refractivity contribution in [1.82, 2.24) is 16.0 Å². The van der Waals surface area contributed by atoms with Crippen LogP contribution in [-0.2, 0) is 11.8 Å². The molecule has 1 amide bonds. The van der Waals surface area contributed by atoms with Crippen molar-refractivity contribution in [1.29, 1.82) is 0 Å². The largest absolute Gasteiger partial charge is 0.356 e. The number of carbonyl (C=O) groups excluding carboxylic acids is 1. The minimum Gasteiger partial charge on any atom is -0.356 e. The molecule has 0 fully saturated rings. The first-order valence-electron chi connectivity index (χ1n) is 10.4. The summed E-state index contributed by atoms with van der Waals surface area (Å²) in [7, 11) is 3.44. The van der Waals surface area contributed by atoms with Gasteiger partial charge in [0.05, 0.1) is 0 Å². The van der Waals surface area contributed by atoms with Gasteiger partial charge < -0.3 is 16.0 Å². The van der Waals surface area contributed by atoms with Crippen LogP contribution in [0.3, 0.4) is 0 Å². The van der Waals surface area contributed by atoms with Crippen molar-refractivity contribution in [2.24, 2.45) is 4.99 Å². The van der Waals surface area contributed by atoms with Crippen LogP contribution in [0.4, 0.5) is 0 Å². The third-order valence-electron chi connectivity index (χ3n) is 5.68. The SMILES string of the molecule is CCC(CC)(CNC(=NC)NCCc1cccc(C(=O)NC)c1)c1ccccc1.I. The second-order valence-electron chi connectivity index (χ2n) is 7.24. The molecule has 2 rings (SSSR count). The summed E-state index contributed by atoms with van der Waals surface area (Å²) in [6, 6.07) is 18.4. The molecule has 0 unspecified atom stereocenters. The lowest BCUT2D eigenvalue weighted by atomic mass is 9.76. The summed E-state index contributed by atoms with van der Waals surface area (Å²) in [6.45, 7) is 6.06. The fourth-order valence-corrected chi connectivity index (χ4v) is 3.61. The summed E-state index contributed by atoms with van der Waals surface area (Å²) in [5, 5.41) is 9.57. The zero-order valence-corrected chi connectivity index (χ0v) is 20.8. The van der Waals surface area contributed by atoms with Gasteiger partial charge in [0, 0.05) is 38.2 Å². The third-order valence-corrected chi connectivity index (χ3v) is 5.68. The van der Waals surface area contributed by atoms with Gasteiger partial charge in [-0.25, -0.2) is 0 Å². The van der Waals surface area contributed by atoms with Gasteiger partial charge in [-0.05, 0) is 42.5 Å². The van der Waals surface area contributed by atoms with Crippen LogP contribution in [-0.4, -0.2) is 39.1 Å². The topological polar surface area (TPSA) is 65.5 Å². The molecule has 0 aliphatic rings. The Kier molecular flexibility index (Phi) is 11.5. The lowest BCUT2D eigenvalue weighted by molar-refractivity contribution is 0.0963. The number of hydrogen-bond acceptors (Lipinski definition) is 2. The maximum absolute atomic E-state index is 11.8. The highest BCUT2D eigenvalue weighted by Gasteiger charge is 2.28. The van der Waals surface area contributed by atoms with Crippen molar-refractivity contribution in [2.45, 2.75) is 38.5 Å². The van der Waals surface area contributed by atoms with Gasteiger partial charge in [0.2, 0.25) is 0 Å². The lowest BCUT2D eigenvalue weighted by Crippen LogP contribution is -2.45. The molecule has 2 aromatic rings. The maximum atomic E-state index is 11.8. The molecule has 0 bridgehead atoms. The normalized spacial score (nSPS) is 11.4. The Morgan fingerprint density at radius 3 is 2.30 bits per heavy atom. The van der Waals surface area contributed by atoms with Crippen molar-refractivity contribution >= 4 is 35.8 Å². The number of benzene rings is 2. The van der Waals surface area contributed by atoms with Crippen LogP contribution in [0.25, 0.3) is 0 Å². The van der Waals surface area contributed by atoms with Crippen LogP contribution in [0.5, 0.6) is 0 Å². The van der Waals surface area contributed by atoms with E-state index in [1.165, 1.54) is 5.56 Å². The standard InChI is InChI=1S/C24H34N4O.HI/c1-5-24(6-2,21-13-8-7-9-14-21)18-28-23(26-4)27-16-15-19-11-10-12-20(17-19)22(29)25-3;/h7-14,17H,5-6,15-16,18H2,1-4H3,(H,25,29)(H2,26,27,28);1H. The molecular formula is C24H35IN4O. The van der Waals surface area contributed by atoms with Crippen molar-refractivity contribution in [2.75, 3.05) is 27.2 Å². The van der Waals surface area contributed by atoms with Crippen LogP contribution < -0.4 is 16.0 Å². The van der Waals surface area contributed by atoms with E-state index in [0.717, 1.165) is 43.9 Å². The zero-order chi connectivity index (χ0) is 21.1. The number of guanidine groups is 1. The fraction of sp³-hybridized carbons (Fsp3) is 0.417. The quantitative estimate of drug-likeness (QED) is 0.264. The number of nitrogens with zero attached hydrogens (tertiary/aromatic N) is 1. The molecule has 0 saturated heterocycles. The van der Waals surface area contributed by atoms with E-state index in [1.54, 1.807) is 14.1 Å². The van der Waals surface area contributed by atoms with Gasteiger partial charge >= 0.3 is 0 Å². The maximum Gasteiger partial charge on any atom is 0.251 e. The van der Waals surface area contributed by atoms with E-state index < -0.39 is 0 Å². The van der Waals surface area contributed by atoms with E-state index in [1.807, 2.05) is 24.3 Å². The molecule has 0 aliphatic heterocycles. The zero-order valence-electron chi connectivity index (χ0n) is 18.5. The minimum absolute atomic E-state index is 0. The number of rotatable bonds is 9. The average Bonchev–Trinajstić information content (AvgIpc) is 2.79. The minimum atomic E-state index is -0.0614. The van der Waals surface area contributed by atoms with Crippen LogP contribution in [0.1, 0.15) is 48.2 Å². The summed E-state index contributed by atoms with van der Waals surface area (Å²) < 4.78 is 0. The van der Waals surface area contributed by atoms with Gasteiger partial charge in [0.15, 0.2) is 5.96 Å². The summed E-state index contributed by atoms with van der Waals surface area (Å²) >= 11 is 0. The van der Waals surface area contributed by atoms with Crippen LogP contribution in [0.2, 0.25) is 0 Å². The van der Waals surface area contributed by atoms with Gasteiger partial charge in [0.1, 0.15) is 0 Å². The highest BCUT2D eigenvalue weighted by Crippen LogP contribution is 2.30. The highest BCUT2D eigenvalue weighted by molar-refractivity contribution is 14.0. The first-order chi connectivity index (χ1) is 14.1. The Hall–Kier alpha value is -2.09. The Morgan fingerprint density at radius 1 is 1.00 bits per heavy atom. The van der Waals surface area contributed by atoms with E-state index in [-0.39, 0.29) is 35.3 Å². The second-order valence-corrected chi connectivity index (χ2v) is 7.24. The average molecular weight is 522 g/mol. The predicted octanol–water partition coefficient (Wildman–Crippen LogP) is 4.13. The highest BCUT2D eigenvalue weighted by atomic mass is 127. The number of halogens is 1. The Bertz CT molecular complexity index is 804. The van der Waals surface area contributed by atoms with Crippen molar-refractivity contribution in [3.8, 4) is 0 Å². The molecule has 6 heteroatoms. The number of carbonyl (C=O) groups is 1. The van der Waals surface area contributed by atoms with Crippen LogP contribution >= 0.6 is 24.0 Å². The van der Waals surface area contributed by atoms with Gasteiger partial charge in [-0.1, -0.05) is 56.3 Å². The molecule has 0 aromatic heterocycles. The van der Waals surface area contributed by atoms with Crippen molar-refractivity contribution < 1.29 is 4.79 Å².